The maximum atomic E-state index is 2.81. The van der Waals surface area contributed by atoms with Gasteiger partial charge in [-0.1, -0.05) is 164 Å². The van der Waals surface area contributed by atoms with Gasteiger partial charge in [-0.3, -0.25) is 0 Å². The van der Waals surface area contributed by atoms with Crippen LogP contribution in [0, 0.1) is 0 Å². The molecule has 0 N–H and O–H groups in total. The maximum Gasteiger partial charge on any atom is 0.332 e. The van der Waals surface area contributed by atoms with Crippen molar-refractivity contribution in [2.45, 2.75) is 124 Å². The van der Waals surface area contributed by atoms with Gasteiger partial charge in [0, 0.05) is 38.6 Å². The standard InChI is InChI=1S/C49H57BN2/c1-45(2,3)30-26-32-33-27-31(46(4,5)6)29-37(48(10,11)12)43(33)52(42(32)36(28-30)47(7,8)9)50-38-22-16-18-25-41(38)51-40-24-17-15-20-34(40)49(13,14)35-21-19-23-39(50)44(35)51/h15-29H,1-14H3. The van der Waals surface area contributed by atoms with E-state index in [-0.39, 0.29) is 33.9 Å². The number of anilines is 3. The van der Waals surface area contributed by atoms with Gasteiger partial charge in [0.15, 0.2) is 0 Å². The zero-order chi connectivity index (χ0) is 37.5. The molecule has 2 aliphatic rings. The fourth-order valence-corrected chi connectivity index (χ4v) is 9.19. The van der Waals surface area contributed by atoms with Crippen LogP contribution in [-0.4, -0.2) is 11.3 Å². The van der Waals surface area contributed by atoms with Crippen LogP contribution in [0.5, 0.6) is 0 Å². The van der Waals surface area contributed by atoms with Crippen molar-refractivity contribution in [3.63, 3.8) is 0 Å². The van der Waals surface area contributed by atoms with E-state index in [0.29, 0.717) is 0 Å². The van der Waals surface area contributed by atoms with Crippen molar-refractivity contribution in [1.82, 2.24) is 4.48 Å². The summed E-state index contributed by atoms with van der Waals surface area (Å²) in [6.07, 6.45) is 0. The first-order chi connectivity index (χ1) is 24.1. The van der Waals surface area contributed by atoms with E-state index < -0.39 is 0 Å². The number of nitrogens with zero attached hydrogens (tertiary/aromatic N) is 2. The highest BCUT2D eigenvalue weighted by Gasteiger charge is 2.46. The van der Waals surface area contributed by atoms with Crippen LogP contribution in [-0.2, 0) is 27.1 Å². The third kappa shape index (κ3) is 4.98. The molecule has 0 saturated carbocycles. The molecule has 52 heavy (non-hydrogen) atoms. The molecule has 0 amide bonds. The minimum absolute atomic E-state index is 0.00647. The molecule has 0 bridgehead atoms. The highest BCUT2D eigenvalue weighted by molar-refractivity contribution is 6.88. The van der Waals surface area contributed by atoms with Crippen molar-refractivity contribution in [2.24, 2.45) is 0 Å². The summed E-state index contributed by atoms with van der Waals surface area (Å²) in [4.78, 5) is 2.58. The van der Waals surface area contributed by atoms with Gasteiger partial charge in [-0.15, -0.1) is 0 Å². The zero-order valence-electron chi connectivity index (χ0n) is 34.1. The first kappa shape index (κ1) is 34.8. The van der Waals surface area contributed by atoms with E-state index in [1.807, 2.05) is 0 Å². The summed E-state index contributed by atoms with van der Waals surface area (Å²) in [6, 6.07) is 35.6. The lowest BCUT2D eigenvalue weighted by molar-refractivity contribution is 0.571. The summed E-state index contributed by atoms with van der Waals surface area (Å²) in [6.45, 7) is 33.4. The van der Waals surface area contributed by atoms with Crippen molar-refractivity contribution in [3.8, 4) is 0 Å². The predicted octanol–water partition coefficient (Wildman–Crippen LogP) is 12.1. The Hall–Kier alpha value is -4.24. The van der Waals surface area contributed by atoms with Crippen molar-refractivity contribution < 1.29 is 0 Å². The van der Waals surface area contributed by atoms with Gasteiger partial charge in [0.2, 0.25) is 0 Å². The Labute approximate surface area is 313 Å². The van der Waals surface area contributed by atoms with Gasteiger partial charge in [0.05, 0.1) is 5.69 Å². The van der Waals surface area contributed by atoms with Crippen LogP contribution in [0.3, 0.4) is 0 Å². The summed E-state index contributed by atoms with van der Waals surface area (Å²) >= 11 is 0. The van der Waals surface area contributed by atoms with Gasteiger partial charge in [-0.05, 0) is 90.2 Å². The number of fused-ring (bicyclic) bond motifs is 7. The molecular formula is C49H57BN2. The molecule has 2 aliphatic heterocycles. The summed E-state index contributed by atoms with van der Waals surface area (Å²) in [5, 5.41) is 2.75. The molecule has 0 radical (unpaired) electrons. The van der Waals surface area contributed by atoms with Crippen LogP contribution in [0.1, 0.15) is 130 Å². The number of hydrogen-bond acceptors (Lipinski definition) is 1. The topological polar surface area (TPSA) is 8.17 Å². The number of aromatic nitrogens is 1. The Morgan fingerprint density at radius 2 is 0.942 bits per heavy atom. The molecule has 0 unspecified atom stereocenters. The molecule has 0 spiro atoms. The van der Waals surface area contributed by atoms with Crippen molar-refractivity contribution in [3.05, 3.63) is 124 Å². The summed E-state index contributed by atoms with van der Waals surface area (Å²) < 4.78 is 2.81. The molecule has 8 rings (SSSR count). The molecular weight excluding hydrogens is 627 g/mol. The van der Waals surface area contributed by atoms with Crippen molar-refractivity contribution in [2.75, 3.05) is 4.90 Å². The average molecular weight is 685 g/mol. The Bertz CT molecular complexity index is 2340. The number of benzene rings is 5. The van der Waals surface area contributed by atoms with Gasteiger partial charge >= 0.3 is 6.85 Å². The van der Waals surface area contributed by atoms with Crippen LogP contribution in [0.2, 0.25) is 0 Å². The molecule has 1 aromatic heterocycles. The maximum absolute atomic E-state index is 2.81. The minimum Gasteiger partial charge on any atom is -0.375 e. The second-order valence-electron chi connectivity index (χ2n) is 20.4. The zero-order valence-corrected chi connectivity index (χ0v) is 34.1. The quantitative estimate of drug-likeness (QED) is 0.156. The molecule has 3 heteroatoms. The molecule has 0 atom stereocenters. The number of rotatable bonds is 1. The second kappa shape index (κ2) is 10.9. The molecule has 2 nitrogen and oxygen atoms in total. The lowest BCUT2D eigenvalue weighted by Gasteiger charge is -2.47. The van der Waals surface area contributed by atoms with E-state index in [4.69, 9.17) is 0 Å². The first-order valence-corrected chi connectivity index (χ1v) is 19.4. The Morgan fingerprint density at radius 3 is 1.46 bits per heavy atom. The molecule has 6 aromatic rings. The lowest BCUT2D eigenvalue weighted by Crippen LogP contribution is -2.56. The summed E-state index contributed by atoms with van der Waals surface area (Å²) in [5.41, 5.74) is 17.4. The SMILES string of the molecule is CC(C)(C)c1cc(C(C)(C)C)c2c(c1)c1cc(C(C)(C)C)cc(C(C)(C)C)c1n2B1c2ccccc2N2c3ccccc3C(C)(C)c3cccc1c32. The molecule has 3 heterocycles. The van der Waals surface area contributed by atoms with Crippen LogP contribution in [0.15, 0.2) is 91.0 Å². The van der Waals surface area contributed by atoms with Gasteiger partial charge in [-0.25, -0.2) is 0 Å². The van der Waals surface area contributed by atoms with Crippen molar-refractivity contribution >= 4 is 56.6 Å². The first-order valence-electron chi connectivity index (χ1n) is 19.4. The highest BCUT2D eigenvalue weighted by Crippen LogP contribution is 2.53. The molecule has 0 saturated heterocycles. The fraction of sp³-hybridized carbons (Fsp3) is 0.388. The second-order valence-corrected chi connectivity index (χ2v) is 20.4. The Balaban J connectivity index is 1.63. The lowest BCUT2D eigenvalue weighted by atomic mass is 9.46. The van der Waals surface area contributed by atoms with Crippen molar-refractivity contribution in [1.29, 1.82) is 0 Å². The third-order valence-corrected chi connectivity index (χ3v) is 12.1. The fourth-order valence-electron chi connectivity index (χ4n) is 9.19. The molecule has 266 valence electrons. The van der Waals surface area contributed by atoms with Gasteiger partial charge in [0.1, 0.15) is 0 Å². The van der Waals surface area contributed by atoms with Gasteiger partial charge in [-0.2, -0.15) is 0 Å². The summed E-state index contributed by atoms with van der Waals surface area (Å²) in [5.74, 6) is 0. The third-order valence-electron chi connectivity index (χ3n) is 12.1. The molecule has 0 fully saturated rings. The Kier molecular flexibility index (Phi) is 7.31. The van der Waals surface area contributed by atoms with Gasteiger partial charge < -0.3 is 9.38 Å². The number of hydrogen-bond donors (Lipinski definition) is 0. The predicted molar refractivity (Wildman–Crippen MR) is 228 cm³/mol. The van der Waals surface area contributed by atoms with Crippen LogP contribution in [0.4, 0.5) is 17.1 Å². The van der Waals surface area contributed by atoms with Crippen LogP contribution >= 0.6 is 0 Å². The molecule has 5 aromatic carbocycles. The average Bonchev–Trinajstić information content (AvgIpc) is 3.37. The van der Waals surface area contributed by atoms with E-state index in [9.17, 15) is 0 Å². The smallest absolute Gasteiger partial charge is 0.332 e. The van der Waals surface area contributed by atoms with E-state index in [2.05, 4.69) is 197 Å². The summed E-state index contributed by atoms with van der Waals surface area (Å²) in [7, 11) is 0. The van der Waals surface area contributed by atoms with E-state index >= 15 is 0 Å². The van der Waals surface area contributed by atoms with E-state index in [0.717, 1.165) is 0 Å². The van der Waals surface area contributed by atoms with E-state index in [1.54, 1.807) is 0 Å². The molecule has 0 aliphatic carbocycles. The normalized spacial score (nSPS) is 15.6. The van der Waals surface area contributed by atoms with E-state index in [1.165, 1.54) is 83.2 Å². The van der Waals surface area contributed by atoms with Gasteiger partial charge in [0.25, 0.3) is 0 Å². The number of para-hydroxylation sites is 3. The largest absolute Gasteiger partial charge is 0.375 e. The van der Waals surface area contributed by atoms with Crippen LogP contribution in [0.25, 0.3) is 21.8 Å². The van der Waals surface area contributed by atoms with Crippen LogP contribution < -0.4 is 15.8 Å². The minimum atomic E-state index is -0.146. The monoisotopic (exact) mass is 684 g/mol. The Morgan fingerprint density at radius 1 is 0.481 bits per heavy atom. The highest BCUT2D eigenvalue weighted by atomic mass is 15.2.